The Morgan fingerprint density at radius 2 is 1.88 bits per heavy atom. The van der Waals surface area contributed by atoms with Gasteiger partial charge in [-0.05, 0) is 44.9 Å². The van der Waals surface area contributed by atoms with Gasteiger partial charge < -0.3 is 19.7 Å². The molecule has 1 aliphatic heterocycles. The van der Waals surface area contributed by atoms with Crippen molar-refractivity contribution in [2.45, 2.75) is 33.2 Å². The number of aromatic nitrogens is 1. The molecule has 0 saturated carbocycles. The van der Waals surface area contributed by atoms with Gasteiger partial charge in [-0.15, -0.1) is 0 Å². The van der Waals surface area contributed by atoms with Crippen molar-refractivity contribution in [2.75, 3.05) is 20.3 Å². The molecule has 166 valence electrons. The first-order valence-electron chi connectivity index (χ1n) is 10.8. The second kappa shape index (κ2) is 8.63. The minimum atomic E-state index is -0.678. The molecule has 32 heavy (non-hydrogen) atoms. The van der Waals surface area contributed by atoms with Crippen molar-refractivity contribution in [3.05, 3.63) is 76.0 Å². The highest BCUT2D eigenvalue weighted by Crippen LogP contribution is 2.43. The number of carbonyl (C=O) groups excluding carboxylic acids is 2. The number of H-pyrrole nitrogens is 1. The molecule has 4 rings (SSSR count). The molecular weight excluding hydrogens is 404 g/mol. The first-order chi connectivity index (χ1) is 15.3. The smallest absolute Gasteiger partial charge is 0.295 e. The zero-order valence-electron chi connectivity index (χ0n) is 18.9. The van der Waals surface area contributed by atoms with E-state index in [2.05, 4.69) is 4.98 Å². The number of aromatic amines is 1. The summed E-state index contributed by atoms with van der Waals surface area (Å²) in [7, 11) is 1.61. The number of aliphatic hydroxyl groups excluding tert-OH is 1. The third-order valence-electron chi connectivity index (χ3n) is 6.15. The number of nitrogens with zero attached hydrogens (tertiary/aromatic N) is 1. The maximum atomic E-state index is 13.3. The van der Waals surface area contributed by atoms with E-state index < -0.39 is 17.7 Å². The van der Waals surface area contributed by atoms with E-state index in [-0.39, 0.29) is 11.3 Å². The van der Waals surface area contributed by atoms with Crippen LogP contribution in [0.5, 0.6) is 0 Å². The molecule has 1 fully saturated rings. The van der Waals surface area contributed by atoms with Gasteiger partial charge in [-0.3, -0.25) is 9.59 Å². The highest BCUT2D eigenvalue weighted by atomic mass is 16.5. The molecule has 1 saturated heterocycles. The monoisotopic (exact) mass is 432 g/mol. The number of ether oxygens (including phenoxy) is 1. The third-order valence-corrected chi connectivity index (χ3v) is 6.15. The predicted molar refractivity (Wildman–Crippen MR) is 124 cm³/mol. The fourth-order valence-electron chi connectivity index (χ4n) is 4.58. The van der Waals surface area contributed by atoms with Crippen molar-refractivity contribution < 1.29 is 19.4 Å². The summed E-state index contributed by atoms with van der Waals surface area (Å²) in [5, 5.41) is 12.3. The average Bonchev–Trinajstić information content (AvgIpc) is 3.22. The number of likely N-dealkylation sites (tertiary alicyclic amines) is 1. The van der Waals surface area contributed by atoms with Gasteiger partial charge in [0, 0.05) is 48.0 Å². The standard InChI is InChI=1S/C26H28N2O4/c1-15-10-11-16(2)19(14-15)24(29)22-23(28(12-7-13-32-4)26(31)25(22)30)21-17(3)27-20-9-6-5-8-18(20)21/h5-6,8-11,14,23,27,29H,7,12-13H2,1-4H3/b24-22+. The van der Waals surface area contributed by atoms with Gasteiger partial charge in [-0.1, -0.05) is 35.9 Å². The molecule has 6 nitrogen and oxygen atoms in total. The number of aliphatic hydroxyl groups is 1. The largest absolute Gasteiger partial charge is 0.507 e. The fourth-order valence-corrected chi connectivity index (χ4v) is 4.58. The summed E-state index contributed by atoms with van der Waals surface area (Å²) in [6.45, 7) is 6.57. The Labute approximate surface area is 187 Å². The molecule has 0 aliphatic carbocycles. The number of para-hydroxylation sites is 1. The molecule has 6 heteroatoms. The van der Waals surface area contributed by atoms with Crippen LogP contribution in [0.25, 0.3) is 16.7 Å². The highest BCUT2D eigenvalue weighted by Gasteiger charge is 2.47. The van der Waals surface area contributed by atoms with Crippen LogP contribution in [0.15, 0.2) is 48.0 Å². The van der Waals surface area contributed by atoms with E-state index in [9.17, 15) is 14.7 Å². The highest BCUT2D eigenvalue weighted by molar-refractivity contribution is 6.46. The minimum absolute atomic E-state index is 0.131. The summed E-state index contributed by atoms with van der Waals surface area (Å²) in [6.07, 6.45) is 0.588. The summed E-state index contributed by atoms with van der Waals surface area (Å²) in [5.41, 5.74) is 5.13. The Bertz CT molecular complexity index is 1240. The van der Waals surface area contributed by atoms with Crippen molar-refractivity contribution in [3.8, 4) is 0 Å². The molecule has 0 bridgehead atoms. The molecular formula is C26H28N2O4. The van der Waals surface area contributed by atoms with E-state index in [1.54, 1.807) is 12.0 Å². The van der Waals surface area contributed by atoms with Crippen LogP contribution in [0.2, 0.25) is 0 Å². The first kappa shape index (κ1) is 21.8. The Morgan fingerprint density at radius 1 is 1.12 bits per heavy atom. The van der Waals surface area contributed by atoms with Gasteiger partial charge in [0.25, 0.3) is 11.7 Å². The van der Waals surface area contributed by atoms with E-state index in [1.165, 1.54) is 0 Å². The van der Waals surface area contributed by atoms with Crippen LogP contribution in [-0.2, 0) is 14.3 Å². The van der Waals surface area contributed by atoms with Gasteiger partial charge in [0.1, 0.15) is 5.76 Å². The second-order valence-corrected chi connectivity index (χ2v) is 8.37. The number of benzene rings is 2. The number of rotatable bonds is 6. The van der Waals surface area contributed by atoms with Gasteiger partial charge in [-0.25, -0.2) is 0 Å². The lowest BCUT2D eigenvalue weighted by Gasteiger charge is -2.25. The minimum Gasteiger partial charge on any atom is -0.507 e. The Kier molecular flexibility index (Phi) is 5.89. The number of hydrogen-bond donors (Lipinski definition) is 2. The Hall–Kier alpha value is -3.38. The fraction of sp³-hybridized carbons (Fsp3) is 0.308. The normalized spacial score (nSPS) is 18.1. The molecule has 0 radical (unpaired) electrons. The number of ketones is 1. The van der Waals surface area contributed by atoms with Crippen LogP contribution in [-0.4, -0.2) is 46.9 Å². The Morgan fingerprint density at radius 3 is 2.62 bits per heavy atom. The molecule has 1 aliphatic rings. The summed E-state index contributed by atoms with van der Waals surface area (Å²) in [4.78, 5) is 31.3. The Balaban J connectivity index is 1.96. The number of Topliss-reactive ketones (excluding diaryl/α,β-unsaturated/α-hetero) is 1. The topological polar surface area (TPSA) is 82.6 Å². The van der Waals surface area contributed by atoms with Crippen LogP contribution >= 0.6 is 0 Å². The lowest BCUT2D eigenvalue weighted by Crippen LogP contribution is -2.31. The zero-order valence-corrected chi connectivity index (χ0v) is 18.9. The van der Waals surface area contributed by atoms with E-state index >= 15 is 0 Å². The van der Waals surface area contributed by atoms with Crippen LogP contribution in [0, 0.1) is 20.8 Å². The van der Waals surface area contributed by atoms with E-state index in [4.69, 9.17) is 4.74 Å². The van der Waals surface area contributed by atoms with E-state index in [0.29, 0.717) is 25.1 Å². The molecule has 2 N–H and O–H groups in total. The van der Waals surface area contributed by atoms with Crippen molar-refractivity contribution in [1.82, 2.24) is 9.88 Å². The maximum Gasteiger partial charge on any atom is 0.295 e. The maximum absolute atomic E-state index is 13.3. The van der Waals surface area contributed by atoms with Crippen molar-refractivity contribution in [3.63, 3.8) is 0 Å². The number of hydrogen-bond acceptors (Lipinski definition) is 4. The first-order valence-corrected chi connectivity index (χ1v) is 10.8. The number of aryl methyl sites for hydroxylation is 3. The quantitative estimate of drug-likeness (QED) is 0.259. The lowest BCUT2D eigenvalue weighted by molar-refractivity contribution is -0.140. The van der Waals surface area contributed by atoms with Crippen molar-refractivity contribution >= 4 is 28.4 Å². The number of methoxy groups -OCH3 is 1. The number of carbonyl (C=O) groups is 2. The molecule has 1 atom stereocenters. The van der Waals surface area contributed by atoms with Crippen molar-refractivity contribution in [2.24, 2.45) is 0 Å². The van der Waals surface area contributed by atoms with Gasteiger partial charge in [0.05, 0.1) is 11.6 Å². The average molecular weight is 433 g/mol. The van der Waals surface area contributed by atoms with E-state index in [0.717, 1.165) is 33.3 Å². The van der Waals surface area contributed by atoms with Crippen LogP contribution in [0.1, 0.15) is 40.4 Å². The summed E-state index contributed by atoms with van der Waals surface area (Å²) in [5.74, 6) is -1.38. The third kappa shape index (κ3) is 3.60. The molecule has 3 aromatic rings. The van der Waals surface area contributed by atoms with Gasteiger partial charge in [-0.2, -0.15) is 0 Å². The summed E-state index contributed by atoms with van der Waals surface area (Å²) < 4.78 is 5.17. The van der Waals surface area contributed by atoms with Crippen LogP contribution in [0.3, 0.4) is 0 Å². The molecule has 2 heterocycles. The SMILES string of the molecule is COCCCN1C(=O)C(=O)/C(=C(/O)c2cc(C)ccc2C)C1c1c(C)[nH]c2ccccc12. The summed E-state index contributed by atoms with van der Waals surface area (Å²) >= 11 is 0. The van der Waals surface area contributed by atoms with Crippen LogP contribution in [0.4, 0.5) is 0 Å². The summed E-state index contributed by atoms with van der Waals surface area (Å²) in [6, 6.07) is 12.8. The van der Waals surface area contributed by atoms with E-state index in [1.807, 2.05) is 63.2 Å². The molecule has 1 amide bonds. The lowest BCUT2D eigenvalue weighted by atomic mass is 9.92. The number of amides is 1. The number of nitrogens with one attached hydrogen (secondary N) is 1. The molecule has 0 spiro atoms. The van der Waals surface area contributed by atoms with Crippen molar-refractivity contribution in [1.29, 1.82) is 0 Å². The van der Waals surface area contributed by atoms with Crippen LogP contribution < -0.4 is 0 Å². The van der Waals surface area contributed by atoms with Gasteiger partial charge >= 0.3 is 0 Å². The van der Waals surface area contributed by atoms with Gasteiger partial charge in [0.2, 0.25) is 0 Å². The number of fused-ring (bicyclic) bond motifs is 1. The van der Waals surface area contributed by atoms with Gasteiger partial charge in [0.15, 0.2) is 0 Å². The zero-order chi connectivity index (χ0) is 23.0. The molecule has 1 unspecified atom stereocenters. The predicted octanol–water partition coefficient (Wildman–Crippen LogP) is 4.55. The molecule has 1 aromatic heterocycles. The molecule has 2 aromatic carbocycles. The second-order valence-electron chi connectivity index (χ2n) is 8.37.